The molecule has 0 fully saturated rings. The van der Waals surface area contributed by atoms with Crippen molar-refractivity contribution in [3.8, 4) is 5.88 Å². The lowest BCUT2D eigenvalue weighted by Crippen LogP contribution is -2.27. The lowest BCUT2D eigenvalue weighted by molar-refractivity contribution is -0.127. The van der Waals surface area contributed by atoms with Gasteiger partial charge in [0, 0.05) is 25.6 Å². The summed E-state index contributed by atoms with van der Waals surface area (Å²) in [6.07, 6.45) is 1.11. The van der Waals surface area contributed by atoms with Gasteiger partial charge in [-0.05, 0) is 31.4 Å². The number of halogens is 1. The van der Waals surface area contributed by atoms with Crippen LogP contribution in [0.2, 0.25) is 5.15 Å². The van der Waals surface area contributed by atoms with E-state index < -0.39 is 0 Å². The summed E-state index contributed by atoms with van der Waals surface area (Å²) in [5.74, 6) is 0.195. The van der Waals surface area contributed by atoms with Crippen molar-refractivity contribution in [1.82, 2.24) is 15.3 Å². The fourth-order valence-electron chi connectivity index (χ4n) is 2.74. The molecule has 0 aliphatic carbocycles. The number of nitrogens with one attached hydrogen (secondary N) is 1. The number of rotatable bonds is 17. The molecule has 11 heteroatoms. The number of ether oxygens (including phenoxy) is 4. The van der Waals surface area contributed by atoms with Crippen LogP contribution in [0.5, 0.6) is 5.88 Å². The maximum atomic E-state index is 11.9. The molecule has 10 nitrogen and oxygen atoms in total. The quantitative estimate of drug-likeness (QED) is 0.244. The lowest BCUT2D eigenvalue weighted by atomic mass is 10.1. The Kier molecular flexibility index (Phi) is 13.0. The van der Waals surface area contributed by atoms with Gasteiger partial charge in [-0.1, -0.05) is 35.9 Å². The number of hydrogen-bond donors (Lipinski definition) is 2. The number of hydrogen-bond acceptors (Lipinski definition) is 9. The topological polar surface area (TPSA) is 135 Å². The summed E-state index contributed by atoms with van der Waals surface area (Å²) >= 11 is 5.83. The number of ketones is 1. The van der Waals surface area contributed by atoms with Crippen LogP contribution >= 0.6 is 11.6 Å². The fraction of sp³-hybridized carbons (Fsp3) is 0.500. The van der Waals surface area contributed by atoms with Crippen LogP contribution in [-0.4, -0.2) is 60.8 Å². The highest BCUT2D eigenvalue weighted by molar-refractivity contribution is 6.29. The maximum Gasteiger partial charge on any atom is 0.246 e. The number of anilines is 1. The van der Waals surface area contributed by atoms with E-state index in [4.69, 9.17) is 36.3 Å². The molecule has 0 aliphatic rings. The molecule has 0 bridgehead atoms. The number of nitrogens with zero attached hydrogens (tertiary/aromatic N) is 2. The highest BCUT2D eigenvalue weighted by atomic mass is 35.5. The molecule has 1 amide bonds. The molecular weight excluding hydrogens is 476 g/mol. The van der Waals surface area contributed by atoms with Gasteiger partial charge in [-0.15, -0.1) is 0 Å². The number of carbonyl (C=O) groups is 2. The van der Waals surface area contributed by atoms with Gasteiger partial charge in [0.25, 0.3) is 0 Å². The van der Waals surface area contributed by atoms with Gasteiger partial charge in [0.1, 0.15) is 25.0 Å². The van der Waals surface area contributed by atoms with Crippen molar-refractivity contribution in [1.29, 1.82) is 0 Å². The zero-order chi connectivity index (χ0) is 25.5. The first kappa shape index (κ1) is 28.4. The molecule has 1 heterocycles. The molecular formula is C24H33ClN4O6. The number of Topliss-reactive ketones (excluding diaryl/α,β-unsaturated/α-hetero) is 1. The van der Waals surface area contributed by atoms with E-state index in [-0.39, 0.29) is 48.7 Å². The Morgan fingerprint density at radius 2 is 1.74 bits per heavy atom. The summed E-state index contributed by atoms with van der Waals surface area (Å²) in [6.45, 7) is 5.68. The first-order valence-corrected chi connectivity index (χ1v) is 11.8. The van der Waals surface area contributed by atoms with E-state index in [1.165, 1.54) is 6.07 Å². The molecule has 0 saturated carbocycles. The van der Waals surface area contributed by atoms with Crippen molar-refractivity contribution in [3.05, 3.63) is 46.6 Å². The van der Waals surface area contributed by atoms with Crippen molar-refractivity contribution in [2.75, 3.05) is 38.8 Å². The highest BCUT2D eigenvalue weighted by Gasteiger charge is 2.06. The summed E-state index contributed by atoms with van der Waals surface area (Å²) in [4.78, 5) is 31.2. The van der Waals surface area contributed by atoms with Crippen LogP contribution in [0, 0.1) is 0 Å². The van der Waals surface area contributed by atoms with E-state index in [0.717, 1.165) is 11.1 Å². The first-order valence-electron chi connectivity index (χ1n) is 11.4. The van der Waals surface area contributed by atoms with Gasteiger partial charge in [-0.2, -0.15) is 4.98 Å². The van der Waals surface area contributed by atoms with Gasteiger partial charge in [-0.25, -0.2) is 4.98 Å². The molecule has 35 heavy (non-hydrogen) atoms. The lowest BCUT2D eigenvalue weighted by Gasteiger charge is -2.09. The molecule has 0 unspecified atom stereocenters. The van der Waals surface area contributed by atoms with E-state index >= 15 is 0 Å². The van der Waals surface area contributed by atoms with Crippen LogP contribution in [0.4, 0.5) is 5.95 Å². The molecule has 0 saturated heterocycles. The number of nitrogens with two attached hydrogens (primary N) is 1. The summed E-state index contributed by atoms with van der Waals surface area (Å²) < 4.78 is 21.6. The second-order valence-electron chi connectivity index (χ2n) is 7.94. The van der Waals surface area contributed by atoms with Crippen molar-refractivity contribution < 1.29 is 28.5 Å². The van der Waals surface area contributed by atoms with E-state index in [1.807, 2.05) is 38.1 Å². The number of nitrogen functional groups attached to an aromatic ring is 1. The Morgan fingerprint density at radius 1 is 1.03 bits per heavy atom. The Hall–Kier alpha value is -2.79. The van der Waals surface area contributed by atoms with Crippen LogP contribution in [0.15, 0.2) is 30.3 Å². The van der Waals surface area contributed by atoms with Crippen molar-refractivity contribution in [2.45, 2.75) is 45.9 Å². The average Bonchev–Trinajstić information content (AvgIpc) is 2.81. The number of benzene rings is 1. The van der Waals surface area contributed by atoms with Gasteiger partial charge in [0.2, 0.25) is 17.7 Å². The van der Waals surface area contributed by atoms with E-state index in [2.05, 4.69) is 15.3 Å². The second kappa shape index (κ2) is 16.0. The molecule has 1 aromatic carbocycles. The fourth-order valence-corrected chi connectivity index (χ4v) is 2.92. The normalized spacial score (nSPS) is 11.0. The van der Waals surface area contributed by atoms with Crippen molar-refractivity contribution in [3.63, 3.8) is 0 Å². The summed E-state index contributed by atoms with van der Waals surface area (Å²) in [6, 6.07) is 9.08. The standard InChI is InChI=1S/C24H33ClN4O6/c1-17(2)34-15-20(30)4-3-9-32-10-11-33-16-22(31)27-13-18-5-7-19(8-6-18)14-35-23-12-21(25)28-24(26)29-23/h5-8,12,17H,3-4,9-11,13-16H2,1-2H3,(H,27,31)(H2,26,28,29). The first-order chi connectivity index (χ1) is 16.8. The molecule has 0 atom stereocenters. The third-order valence-corrected chi connectivity index (χ3v) is 4.71. The molecule has 2 rings (SSSR count). The van der Waals surface area contributed by atoms with E-state index in [0.29, 0.717) is 45.1 Å². The molecule has 3 N–H and O–H groups in total. The van der Waals surface area contributed by atoms with Crippen LogP contribution in [-0.2, 0) is 37.0 Å². The predicted octanol–water partition coefficient (Wildman–Crippen LogP) is 2.71. The highest BCUT2D eigenvalue weighted by Crippen LogP contribution is 2.16. The summed E-state index contributed by atoms with van der Waals surface area (Å²) in [7, 11) is 0. The number of carbonyl (C=O) groups excluding carboxylic acids is 2. The van der Waals surface area contributed by atoms with Gasteiger partial charge < -0.3 is 30.0 Å². The Labute approximate surface area is 210 Å². The average molecular weight is 509 g/mol. The molecule has 0 spiro atoms. The third-order valence-electron chi connectivity index (χ3n) is 4.52. The molecule has 0 radical (unpaired) electrons. The van der Waals surface area contributed by atoms with Crippen LogP contribution in [0.3, 0.4) is 0 Å². The smallest absolute Gasteiger partial charge is 0.246 e. The maximum absolute atomic E-state index is 11.9. The number of aromatic nitrogens is 2. The van der Waals surface area contributed by atoms with Gasteiger partial charge in [-0.3, -0.25) is 9.59 Å². The minimum atomic E-state index is -0.216. The zero-order valence-corrected chi connectivity index (χ0v) is 20.9. The van der Waals surface area contributed by atoms with Crippen LogP contribution in [0.25, 0.3) is 0 Å². The van der Waals surface area contributed by atoms with Crippen LogP contribution < -0.4 is 15.8 Å². The Bertz CT molecular complexity index is 906. The Morgan fingerprint density at radius 3 is 2.46 bits per heavy atom. The zero-order valence-electron chi connectivity index (χ0n) is 20.1. The summed E-state index contributed by atoms with van der Waals surface area (Å²) in [5.41, 5.74) is 7.40. The Balaban J connectivity index is 1.51. The van der Waals surface area contributed by atoms with E-state index in [9.17, 15) is 9.59 Å². The van der Waals surface area contributed by atoms with Gasteiger partial charge in [0.15, 0.2) is 5.78 Å². The largest absolute Gasteiger partial charge is 0.473 e. The minimum Gasteiger partial charge on any atom is -0.473 e. The second-order valence-corrected chi connectivity index (χ2v) is 8.32. The van der Waals surface area contributed by atoms with E-state index in [1.54, 1.807) is 0 Å². The molecule has 0 aliphatic heterocycles. The van der Waals surface area contributed by atoms with Crippen molar-refractivity contribution >= 4 is 29.2 Å². The van der Waals surface area contributed by atoms with Crippen molar-refractivity contribution in [2.24, 2.45) is 0 Å². The van der Waals surface area contributed by atoms with Gasteiger partial charge >= 0.3 is 0 Å². The predicted molar refractivity (Wildman–Crippen MR) is 131 cm³/mol. The number of amides is 1. The summed E-state index contributed by atoms with van der Waals surface area (Å²) in [5, 5.41) is 3.02. The van der Waals surface area contributed by atoms with Gasteiger partial charge in [0.05, 0.1) is 19.3 Å². The minimum absolute atomic E-state index is 0.0478. The molecule has 192 valence electrons. The third kappa shape index (κ3) is 13.0. The SMILES string of the molecule is CC(C)OCC(=O)CCCOCCOCC(=O)NCc1ccc(COc2cc(Cl)nc(N)n2)cc1. The molecule has 2 aromatic rings. The molecule has 1 aromatic heterocycles. The van der Waals surface area contributed by atoms with Crippen LogP contribution in [0.1, 0.15) is 37.8 Å². The monoisotopic (exact) mass is 508 g/mol.